The van der Waals surface area contributed by atoms with Crippen LogP contribution in [0.25, 0.3) is 16.6 Å². The number of para-hydroxylation sites is 1. The Balaban J connectivity index is 2.07. The van der Waals surface area contributed by atoms with E-state index in [9.17, 15) is 9.59 Å². The molecule has 0 aliphatic heterocycles. The lowest BCUT2D eigenvalue weighted by Crippen LogP contribution is -2.33. The van der Waals surface area contributed by atoms with Crippen LogP contribution in [0.5, 0.6) is 0 Å². The van der Waals surface area contributed by atoms with E-state index in [2.05, 4.69) is 6.58 Å². The van der Waals surface area contributed by atoms with Crippen LogP contribution in [0.1, 0.15) is 25.0 Å². The molecule has 5 nitrogen and oxygen atoms in total. The number of aryl methyl sites for hydroxylation is 1. The average Bonchev–Trinajstić information content (AvgIpc) is 2.72. The van der Waals surface area contributed by atoms with Gasteiger partial charge in [0.2, 0.25) is 5.91 Å². The molecule has 0 N–H and O–H groups in total. The second-order valence-corrected chi connectivity index (χ2v) is 8.37. The van der Waals surface area contributed by atoms with Crippen molar-refractivity contribution < 1.29 is 4.79 Å². The van der Waals surface area contributed by atoms with Crippen LogP contribution in [0.2, 0.25) is 0 Å². The van der Waals surface area contributed by atoms with E-state index in [1.807, 2.05) is 64.1 Å². The van der Waals surface area contributed by atoms with Crippen LogP contribution in [0, 0.1) is 13.8 Å². The zero-order valence-corrected chi connectivity index (χ0v) is 18.8. The molecule has 1 amide bonds. The number of carbonyl (C=O) groups is 1. The molecular formula is C24H27N3O2S. The molecule has 0 saturated carbocycles. The van der Waals surface area contributed by atoms with E-state index in [4.69, 9.17) is 4.98 Å². The van der Waals surface area contributed by atoms with Gasteiger partial charge in [0.25, 0.3) is 5.56 Å². The van der Waals surface area contributed by atoms with Crippen molar-refractivity contribution in [2.75, 3.05) is 18.8 Å². The molecule has 3 aromatic rings. The molecule has 0 aliphatic rings. The number of likely N-dealkylation sites (N-methyl/N-ethyl adjacent to an activating group) is 1. The lowest BCUT2D eigenvalue weighted by atomic mass is 10.1. The van der Waals surface area contributed by atoms with Crippen molar-refractivity contribution in [2.24, 2.45) is 0 Å². The van der Waals surface area contributed by atoms with E-state index in [-0.39, 0.29) is 17.2 Å². The Morgan fingerprint density at radius 3 is 2.60 bits per heavy atom. The predicted octanol–water partition coefficient (Wildman–Crippen LogP) is 4.52. The van der Waals surface area contributed by atoms with Gasteiger partial charge in [-0.25, -0.2) is 4.98 Å². The van der Waals surface area contributed by atoms with Gasteiger partial charge in [-0.15, -0.1) is 0 Å². The maximum atomic E-state index is 13.4. The SMILES string of the molecule is C=C(C)CN(CC)C(=O)CSc1nc2ccccc2c(=O)n1-c1cccc(C)c1C. The molecular weight excluding hydrogens is 394 g/mol. The van der Waals surface area contributed by atoms with Gasteiger partial charge in [0.05, 0.1) is 22.3 Å². The van der Waals surface area contributed by atoms with Crippen LogP contribution in [0.3, 0.4) is 0 Å². The first kappa shape index (κ1) is 21.8. The normalized spacial score (nSPS) is 10.9. The molecule has 0 radical (unpaired) electrons. The smallest absolute Gasteiger partial charge is 0.266 e. The molecule has 0 bridgehead atoms. The maximum Gasteiger partial charge on any atom is 0.266 e. The molecule has 30 heavy (non-hydrogen) atoms. The first-order valence-corrected chi connectivity index (χ1v) is 10.9. The summed E-state index contributed by atoms with van der Waals surface area (Å²) in [5.74, 6) is 0.206. The highest BCUT2D eigenvalue weighted by Gasteiger charge is 2.18. The van der Waals surface area contributed by atoms with Crippen LogP contribution < -0.4 is 5.56 Å². The summed E-state index contributed by atoms with van der Waals surface area (Å²) in [6.45, 7) is 12.9. The summed E-state index contributed by atoms with van der Waals surface area (Å²) in [4.78, 5) is 32.6. The number of hydrogen-bond donors (Lipinski definition) is 0. The van der Waals surface area contributed by atoms with Crippen molar-refractivity contribution >= 4 is 28.6 Å². The Hall–Kier alpha value is -2.86. The number of aromatic nitrogens is 2. The maximum absolute atomic E-state index is 13.4. The fourth-order valence-electron chi connectivity index (χ4n) is 3.32. The average molecular weight is 422 g/mol. The number of carbonyl (C=O) groups excluding carboxylic acids is 1. The lowest BCUT2D eigenvalue weighted by Gasteiger charge is -2.21. The van der Waals surface area contributed by atoms with Crippen molar-refractivity contribution in [3.05, 3.63) is 76.1 Å². The minimum atomic E-state index is -0.126. The van der Waals surface area contributed by atoms with E-state index >= 15 is 0 Å². The van der Waals surface area contributed by atoms with Crippen LogP contribution in [-0.4, -0.2) is 39.2 Å². The number of rotatable bonds is 7. The summed E-state index contributed by atoms with van der Waals surface area (Å²) in [5, 5.41) is 1.08. The summed E-state index contributed by atoms with van der Waals surface area (Å²) >= 11 is 1.30. The van der Waals surface area contributed by atoms with Gasteiger partial charge in [-0.2, -0.15) is 0 Å². The molecule has 0 aliphatic carbocycles. The number of hydrogen-bond acceptors (Lipinski definition) is 4. The molecule has 6 heteroatoms. The van der Waals surface area contributed by atoms with Crippen molar-refractivity contribution in [3.63, 3.8) is 0 Å². The Kier molecular flexibility index (Phi) is 6.77. The highest BCUT2D eigenvalue weighted by molar-refractivity contribution is 7.99. The minimum absolute atomic E-state index is 0.000391. The Morgan fingerprint density at radius 2 is 1.90 bits per heavy atom. The summed E-state index contributed by atoms with van der Waals surface area (Å²) in [6, 6.07) is 13.2. The van der Waals surface area contributed by atoms with Crippen molar-refractivity contribution in [2.45, 2.75) is 32.9 Å². The first-order valence-electron chi connectivity index (χ1n) is 9.96. The zero-order valence-electron chi connectivity index (χ0n) is 17.9. The van der Waals surface area contributed by atoms with Gasteiger partial charge in [-0.1, -0.05) is 48.2 Å². The van der Waals surface area contributed by atoms with Gasteiger partial charge in [0.1, 0.15) is 0 Å². The summed E-state index contributed by atoms with van der Waals surface area (Å²) in [5.41, 5.74) is 4.35. The van der Waals surface area contributed by atoms with Crippen molar-refractivity contribution in [3.8, 4) is 5.69 Å². The topological polar surface area (TPSA) is 55.2 Å². The number of nitrogens with zero attached hydrogens (tertiary/aromatic N) is 3. The van der Waals surface area contributed by atoms with Crippen molar-refractivity contribution in [1.82, 2.24) is 14.5 Å². The molecule has 0 saturated heterocycles. The van der Waals surface area contributed by atoms with Gasteiger partial charge in [0, 0.05) is 13.1 Å². The fourth-order valence-corrected chi connectivity index (χ4v) is 4.23. The number of thioether (sulfide) groups is 1. The van der Waals surface area contributed by atoms with Crippen LogP contribution >= 0.6 is 11.8 Å². The predicted molar refractivity (Wildman–Crippen MR) is 125 cm³/mol. The molecule has 1 heterocycles. The first-order chi connectivity index (χ1) is 14.3. The molecule has 0 spiro atoms. The van der Waals surface area contributed by atoms with Crippen LogP contribution in [0.4, 0.5) is 0 Å². The fraction of sp³-hybridized carbons (Fsp3) is 0.292. The zero-order chi connectivity index (χ0) is 21.8. The number of amides is 1. The highest BCUT2D eigenvalue weighted by atomic mass is 32.2. The largest absolute Gasteiger partial charge is 0.338 e. The molecule has 0 unspecified atom stereocenters. The third-order valence-corrected chi connectivity index (χ3v) is 6.01. The second-order valence-electron chi connectivity index (χ2n) is 7.42. The summed E-state index contributed by atoms with van der Waals surface area (Å²) in [7, 11) is 0. The van der Waals surface area contributed by atoms with Gasteiger partial charge >= 0.3 is 0 Å². The lowest BCUT2D eigenvalue weighted by molar-refractivity contribution is -0.127. The molecule has 156 valence electrons. The van der Waals surface area contributed by atoms with Gasteiger partial charge in [0.15, 0.2) is 5.16 Å². The third-order valence-electron chi connectivity index (χ3n) is 5.08. The quantitative estimate of drug-likeness (QED) is 0.320. The molecule has 0 atom stereocenters. The Bertz CT molecular complexity index is 1170. The van der Waals surface area contributed by atoms with Gasteiger partial charge in [-0.05, 0) is 57.0 Å². The molecule has 1 aromatic heterocycles. The van der Waals surface area contributed by atoms with E-state index in [0.717, 1.165) is 22.4 Å². The molecule has 0 fully saturated rings. The van der Waals surface area contributed by atoms with Crippen LogP contribution in [0.15, 0.2) is 64.6 Å². The summed E-state index contributed by atoms with van der Waals surface area (Å²) in [6.07, 6.45) is 0. The van der Waals surface area contributed by atoms with E-state index < -0.39 is 0 Å². The Labute approximate surface area is 181 Å². The van der Waals surface area contributed by atoms with E-state index in [1.54, 1.807) is 15.5 Å². The van der Waals surface area contributed by atoms with Gasteiger partial charge < -0.3 is 4.90 Å². The number of fused-ring (bicyclic) bond motifs is 1. The standard InChI is InChI=1S/C24H27N3O2S/c1-6-26(14-16(2)3)22(28)15-30-24-25-20-12-8-7-11-19(20)23(29)27(24)21-13-9-10-17(4)18(21)5/h7-13H,2,6,14-15H2,1,3-5H3. The van der Waals surface area contributed by atoms with E-state index in [0.29, 0.717) is 29.1 Å². The van der Waals surface area contributed by atoms with Crippen LogP contribution in [-0.2, 0) is 4.79 Å². The third kappa shape index (κ3) is 4.49. The monoisotopic (exact) mass is 421 g/mol. The van der Waals surface area contributed by atoms with E-state index in [1.165, 1.54) is 11.8 Å². The minimum Gasteiger partial charge on any atom is -0.338 e. The van der Waals surface area contributed by atoms with Gasteiger partial charge in [-0.3, -0.25) is 14.2 Å². The molecule has 3 rings (SSSR count). The summed E-state index contributed by atoms with van der Waals surface area (Å²) < 4.78 is 1.64. The number of benzene rings is 2. The molecule has 2 aromatic carbocycles. The second kappa shape index (κ2) is 9.30. The highest BCUT2D eigenvalue weighted by Crippen LogP contribution is 2.24. The van der Waals surface area contributed by atoms with Crippen molar-refractivity contribution in [1.29, 1.82) is 0 Å². The Morgan fingerprint density at radius 1 is 1.17 bits per heavy atom.